The minimum absolute atomic E-state index is 0.250. The second kappa shape index (κ2) is 4.15. The molecule has 1 unspecified atom stereocenters. The molecule has 0 spiro atoms. The maximum Gasteiger partial charge on any atom is 0.125 e. The van der Waals surface area contributed by atoms with Crippen molar-refractivity contribution in [3.63, 3.8) is 0 Å². The van der Waals surface area contributed by atoms with Gasteiger partial charge in [-0.3, -0.25) is 0 Å². The van der Waals surface area contributed by atoms with Crippen molar-refractivity contribution in [1.29, 1.82) is 0 Å². The Balaban J connectivity index is 2.12. The lowest BCUT2D eigenvalue weighted by Gasteiger charge is -2.25. The van der Waals surface area contributed by atoms with Crippen molar-refractivity contribution in [2.75, 3.05) is 13.1 Å². The fourth-order valence-electron chi connectivity index (χ4n) is 1.69. The highest BCUT2D eigenvalue weighted by molar-refractivity contribution is 5.21. The summed E-state index contributed by atoms with van der Waals surface area (Å²) in [6.45, 7) is 1.55. The molecule has 0 saturated heterocycles. The van der Waals surface area contributed by atoms with Crippen LogP contribution in [-0.4, -0.2) is 18.0 Å². The Hall–Kier alpha value is -1.48. The van der Waals surface area contributed by atoms with Crippen molar-refractivity contribution in [3.05, 3.63) is 48.3 Å². The van der Waals surface area contributed by atoms with E-state index in [0.29, 0.717) is 6.54 Å². The fourth-order valence-corrected chi connectivity index (χ4v) is 1.69. The molecule has 3 heteroatoms. The van der Waals surface area contributed by atoms with E-state index < -0.39 is 0 Å². The molecule has 1 aromatic carbocycles. The van der Waals surface area contributed by atoms with E-state index in [1.165, 1.54) is 5.56 Å². The van der Waals surface area contributed by atoms with E-state index >= 15 is 0 Å². The smallest absolute Gasteiger partial charge is 0.125 e. The SMILES string of the molecule is NCCN1C=CNC1c1ccccc1. The highest BCUT2D eigenvalue weighted by atomic mass is 15.3. The van der Waals surface area contributed by atoms with Gasteiger partial charge < -0.3 is 16.0 Å². The molecule has 3 nitrogen and oxygen atoms in total. The first-order valence-electron chi connectivity index (χ1n) is 4.85. The third-order valence-corrected chi connectivity index (χ3v) is 2.35. The van der Waals surface area contributed by atoms with Gasteiger partial charge >= 0.3 is 0 Å². The average molecular weight is 189 g/mol. The van der Waals surface area contributed by atoms with E-state index in [1.807, 2.05) is 18.5 Å². The molecule has 1 heterocycles. The van der Waals surface area contributed by atoms with Gasteiger partial charge in [-0.05, 0) is 5.56 Å². The molecule has 0 radical (unpaired) electrons. The van der Waals surface area contributed by atoms with Crippen molar-refractivity contribution in [2.24, 2.45) is 5.73 Å². The van der Waals surface area contributed by atoms with Crippen LogP contribution in [0.15, 0.2) is 42.7 Å². The molecule has 0 aliphatic carbocycles. The van der Waals surface area contributed by atoms with Crippen LogP contribution in [0.5, 0.6) is 0 Å². The van der Waals surface area contributed by atoms with Crippen LogP contribution in [0.4, 0.5) is 0 Å². The Kier molecular flexibility index (Phi) is 2.70. The first-order chi connectivity index (χ1) is 6.92. The van der Waals surface area contributed by atoms with Crippen LogP contribution in [0.25, 0.3) is 0 Å². The number of nitrogens with one attached hydrogen (secondary N) is 1. The number of benzene rings is 1. The predicted molar refractivity (Wildman–Crippen MR) is 57.2 cm³/mol. The lowest BCUT2D eigenvalue weighted by atomic mass is 10.1. The van der Waals surface area contributed by atoms with Gasteiger partial charge in [0.15, 0.2) is 0 Å². The largest absolute Gasteiger partial charge is 0.366 e. The molecule has 0 amide bonds. The summed E-state index contributed by atoms with van der Waals surface area (Å²) in [4.78, 5) is 2.20. The van der Waals surface area contributed by atoms with Gasteiger partial charge in [-0.1, -0.05) is 30.3 Å². The summed E-state index contributed by atoms with van der Waals surface area (Å²) in [7, 11) is 0. The summed E-state index contributed by atoms with van der Waals surface area (Å²) in [6, 6.07) is 10.4. The van der Waals surface area contributed by atoms with Gasteiger partial charge in [0.2, 0.25) is 0 Å². The summed E-state index contributed by atoms with van der Waals surface area (Å²) >= 11 is 0. The van der Waals surface area contributed by atoms with Crippen molar-refractivity contribution in [1.82, 2.24) is 10.2 Å². The number of nitrogens with two attached hydrogens (primary N) is 1. The zero-order valence-electron chi connectivity index (χ0n) is 8.06. The van der Waals surface area contributed by atoms with Crippen molar-refractivity contribution >= 4 is 0 Å². The zero-order chi connectivity index (χ0) is 9.80. The lowest BCUT2D eigenvalue weighted by Crippen LogP contribution is -2.30. The molecular weight excluding hydrogens is 174 g/mol. The number of hydrogen-bond donors (Lipinski definition) is 2. The summed E-state index contributed by atoms with van der Waals surface area (Å²) in [5.74, 6) is 0. The Morgan fingerprint density at radius 2 is 2.07 bits per heavy atom. The molecule has 1 aliphatic heterocycles. The monoisotopic (exact) mass is 189 g/mol. The normalized spacial score (nSPS) is 19.8. The van der Waals surface area contributed by atoms with Crippen LogP contribution < -0.4 is 11.1 Å². The van der Waals surface area contributed by atoms with E-state index in [1.54, 1.807) is 0 Å². The molecule has 0 aromatic heterocycles. The van der Waals surface area contributed by atoms with Crippen LogP contribution in [0.1, 0.15) is 11.7 Å². The predicted octanol–water partition coefficient (Wildman–Crippen LogP) is 1.02. The molecule has 2 rings (SSSR count). The molecule has 1 aliphatic rings. The van der Waals surface area contributed by atoms with E-state index in [4.69, 9.17) is 5.73 Å². The van der Waals surface area contributed by atoms with Gasteiger partial charge in [0.1, 0.15) is 6.17 Å². The van der Waals surface area contributed by atoms with Crippen LogP contribution in [-0.2, 0) is 0 Å². The van der Waals surface area contributed by atoms with E-state index in [9.17, 15) is 0 Å². The van der Waals surface area contributed by atoms with E-state index in [-0.39, 0.29) is 6.17 Å². The fraction of sp³-hybridized carbons (Fsp3) is 0.273. The molecule has 0 saturated carbocycles. The standard InChI is InChI=1S/C11H15N3/c12-6-8-14-9-7-13-11(14)10-4-2-1-3-5-10/h1-5,7,9,11,13H,6,8,12H2. The Morgan fingerprint density at radius 3 is 2.79 bits per heavy atom. The van der Waals surface area contributed by atoms with Crippen molar-refractivity contribution in [2.45, 2.75) is 6.17 Å². The van der Waals surface area contributed by atoms with Crippen molar-refractivity contribution < 1.29 is 0 Å². The van der Waals surface area contributed by atoms with Gasteiger partial charge in [-0.15, -0.1) is 0 Å². The molecular formula is C11H15N3. The van der Waals surface area contributed by atoms with Gasteiger partial charge in [0.25, 0.3) is 0 Å². The molecule has 14 heavy (non-hydrogen) atoms. The summed E-state index contributed by atoms with van der Waals surface area (Å²) in [5, 5.41) is 3.30. The highest BCUT2D eigenvalue weighted by Gasteiger charge is 2.18. The average Bonchev–Trinajstić information content (AvgIpc) is 2.68. The summed E-state index contributed by atoms with van der Waals surface area (Å²) < 4.78 is 0. The maximum atomic E-state index is 5.55. The van der Waals surface area contributed by atoms with Crippen LogP contribution in [0.3, 0.4) is 0 Å². The maximum absolute atomic E-state index is 5.55. The summed E-state index contributed by atoms with van der Waals surface area (Å²) in [6.07, 6.45) is 4.26. The topological polar surface area (TPSA) is 41.3 Å². The number of nitrogens with zero attached hydrogens (tertiary/aromatic N) is 1. The number of hydrogen-bond acceptors (Lipinski definition) is 3. The van der Waals surface area contributed by atoms with Gasteiger partial charge in [0, 0.05) is 25.5 Å². The molecule has 3 N–H and O–H groups in total. The van der Waals surface area contributed by atoms with Gasteiger partial charge in [-0.25, -0.2) is 0 Å². The lowest BCUT2D eigenvalue weighted by molar-refractivity contribution is 0.291. The van der Waals surface area contributed by atoms with Crippen LogP contribution >= 0.6 is 0 Å². The highest BCUT2D eigenvalue weighted by Crippen LogP contribution is 2.20. The molecule has 0 bridgehead atoms. The Morgan fingerprint density at radius 1 is 1.29 bits per heavy atom. The molecule has 0 fully saturated rings. The van der Waals surface area contributed by atoms with E-state index in [0.717, 1.165) is 6.54 Å². The first kappa shape index (κ1) is 9.09. The third kappa shape index (κ3) is 1.72. The van der Waals surface area contributed by atoms with Crippen molar-refractivity contribution in [3.8, 4) is 0 Å². The second-order valence-corrected chi connectivity index (χ2v) is 3.32. The minimum Gasteiger partial charge on any atom is -0.366 e. The van der Waals surface area contributed by atoms with Crippen LogP contribution in [0.2, 0.25) is 0 Å². The quantitative estimate of drug-likeness (QED) is 0.746. The minimum atomic E-state index is 0.250. The molecule has 1 aromatic rings. The Bertz CT molecular complexity index is 308. The van der Waals surface area contributed by atoms with Gasteiger partial charge in [-0.2, -0.15) is 0 Å². The van der Waals surface area contributed by atoms with Gasteiger partial charge in [0.05, 0.1) is 0 Å². The Labute approximate surface area is 84.2 Å². The zero-order valence-corrected chi connectivity index (χ0v) is 8.06. The summed E-state index contributed by atoms with van der Waals surface area (Å²) in [5.41, 5.74) is 6.81. The molecule has 1 atom stereocenters. The van der Waals surface area contributed by atoms with Crippen LogP contribution in [0, 0.1) is 0 Å². The second-order valence-electron chi connectivity index (χ2n) is 3.32. The van der Waals surface area contributed by atoms with E-state index in [2.05, 4.69) is 34.5 Å². The molecule has 74 valence electrons. The first-order valence-corrected chi connectivity index (χ1v) is 4.85. The third-order valence-electron chi connectivity index (χ3n) is 2.35. The number of rotatable bonds is 3.